The van der Waals surface area contributed by atoms with Crippen molar-refractivity contribution in [2.24, 2.45) is 0 Å². The fourth-order valence-corrected chi connectivity index (χ4v) is 3.22. The lowest BCUT2D eigenvalue weighted by Gasteiger charge is -2.17. The van der Waals surface area contributed by atoms with Gasteiger partial charge in [-0.25, -0.2) is 0 Å². The Morgan fingerprint density at radius 2 is 2.05 bits per heavy atom. The van der Waals surface area contributed by atoms with Crippen molar-refractivity contribution in [3.63, 3.8) is 0 Å². The molecule has 1 amide bonds. The molecule has 0 bridgehead atoms. The first-order valence-electron chi connectivity index (χ1n) is 8.16. The maximum Gasteiger partial charge on any atom is 0.237 e. The first kappa shape index (κ1) is 17.2. The van der Waals surface area contributed by atoms with Gasteiger partial charge in [-0.15, -0.1) is 12.4 Å². The fourth-order valence-electron chi connectivity index (χ4n) is 3.22. The number of nitrogens with one attached hydrogen (secondary N) is 2. The Kier molecular flexibility index (Phi) is 6.64. The second kappa shape index (κ2) is 8.48. The van der Waals surface area contributed by atoms with Crippen LogP contribution in [-0.2, 0) is 11.2 Å². The van der Waals surface area contributed by atoms with E-state index < -0.39 is 0 Å². The number of hydrogen-bond acceptors (Lipinski definition) is 5. The smallest absolute Gasteiger partial charge is 0.237 e. The topological polar surface area (TPSA) is 80.1 Å². The molecule has 1 saturated heterocycles. The van der Waals surface area contributed by atoms with Crippen molar-refractivity contribution in [3.8, 4) is 0 Å². The molecule has 2 N–H and O–H groups in total. The van der Waals surface area contributed by atoms with Gasteiger partial charge in [0.05, 0.1) is 6.04 Å². The molecule has 6 nitrogen and oxygen atoms in total. The van der Waals surface area contributed by atoms with Gasteiger partial charge >= 0.3 is 0 Å². The van der Waals surface area contributed by atoms with Crippen molar-refractivity contribution in [1.82, 2.24) is 20.8 Å². The Labute approximate surface area is 137 Å². The number of carbonyl (C=O) groups is 1. The molecule has 1 aliphatic carbocycles. The third kappa shape index (κ3) is 4.43. The molecule has 2 heterocycles. The Bertz CT molecular complexity index is 468. The number of rotatable bonds is 5. The molecule has 2 fully saturated rings. The van der Waals surface area contributed by atoms with Gasteiger partial charge in [0.1, 0.15) is 0 Å². The van der Waals surface area contributed by atoms with Crippen molar-refractivity contribution in [1.29, 1.82) is 0 Å². The van der Waals surface area contributed by atoms with Gasteiger partial charge in [0.2, 0.25) is 11.8 Å². The van der Waals surface area contributed by atoms with Gasteiger partial charge in [-0.1, -0.05) is 24.4 Å². The highest BCUT2D eigenvalue weighted by Gasteiger charge is 2.22. The molecule has 2 aliphatic rings. The summed E-state index contributed by atoms with van der Waals surface area (Å²) in [6.45, 7) is 1.50. The normalized spacial score (nSPS) is 22.3. The van der Waals surface area contributed by atoms with Gasteiger partial charge in [-0.2, -0.15) is 4.98 Å². The van der Waals surface area contributed by atoms with E-state index in [1.807, 2.05) is 0 Å². The van der Waals surface area contributed by atoms with E-state index in [9.17, 15) is 4.79 Å². The van der Waals surface area contributed by atoms with E-state index >= 15 is 0 Å². The molecule has 1 aromatic heterocycles. The summed E-state index contributed by atoms with van der Waals surface area (Å²) in [4.78, 5) is 16.3. The van der Waals surface area contributed by atoms with Crippen LogP contribution in [0.3, 0.4) is 0 Å². The number of halogens is 1. The molecule has 1 saturated carbocycles. The van der Waals surface area contributed by atoms with E-state index in [2.05, 4.69) is 20.8 Å². The molecule has 3 rings (SSSR count). The van der Waals surface area contributed by atoms with Crippen molar-refractivity contribution >= 4 is 18.3 Å². The maximum absolute atomic E-state index is 11.8. The van der Waals surface area contributed by atoms with Gasteiger partial charge in [-0.3, -0.25) is 4.79 Å². The third-order valence-electron chi connectivity index (χ3n) is 4.47. The van der Waals surface area contributed by atoms with Crippen LogP contribution in [0.5, 0.6) is 0 Å². The van der Waals surface area contributed by atoms with E-state index in [0.717, 1.165) is 25.2 Å². The lowest BCUT2D eigenvalue weighted by Crippen LogP contribution is -2.41. The highest BCUT2D eigenvalue weighted by molar-refractivity contribution is 5.85. The zero-order valence-electron chi connectivity index (χ0n) is 12.8. The van der Waals surface area contributed by atoms with E-state index in [-0.39, 0.29) is 24.4 Å². The molecule has 1 aliphatic heterocycles. The number of aromatic nitrogens is 2. The van der Waals surface area contributed by atoms with Crippen LogP contribution in [0.1, 0.15) is 62.6 Å². The lowest BCUT2D eigenvalue weighted by molar-refractivity contribution is -0.122. The van der Waals surface area contributed by atoms with Gasteiger partial charge in [0, 0.05) is 18.9 Å². The average Bonchev–Trinajstić information content (AvgIpc) is 3.20. The Balaban J connectivity index is 0.00000176. The Hall–Kier alpha value is -1.14. The van der Waals surface area contributed by atoms with E-state index in [1.165, 1.54) is 32.1 Å². The lowest BCUT2D eigenvalue weighted by atomic mass is 9.89. The zero-order valence-corrected chi connectivity index (χ0v) is 13.7. The minimum Gasteiger partial charge on any atom is -0.354 e. The second-order valence-corrected chi connectivity index (χ2v) is 6.07. The molecular formula is C15H25ClN4O2. The van der Waals surface area contributed by atoms with Crippen LogP contribution in [-0.4, -0.2) is 35.2 Å². The number of carbonyl (C=O) groups excluding carboxylic acids is 1. The summed E-state index contributed by atoms with van der Waals surface area (Å²) in [5.74, 6) is 2.04. The predicted molar refractivity (Wildman–Crippen MR) is 85.1 cm³/mol. The van der Waals surface area contributed by atoms with Gasteiger partial charge in [0.25, 0.3) is 0 Å². The zero-order chi connectivity index (χ0) is 14.5. The summed E-state index contributed by atoms with van der Waals surface area (Å²) in [6, 6.07) is -0.0227. The van der Waals surface area contributed by atoms with Crippen LogP contribution in [0.4, 0.5) is 0 Å². The second-order valence-electron chi connectivity index (χ2n) is 6.07. The molecular weight excluding hydrogens is 304 g/mol. The van der Waals surface area contributed by atoms with Gasteiger partial charge < -0.3 is 15.2 Å². The van der Waals surface area contributed by atoms with Crippen LogP contribution < -0.4 is 10.6 Å². The first-order valence-corrected chi connectivity index (χ1v) is 8.16. The summed E-state index contributed by atoms with van der Waals surface area (Å²) in [6.07, 6.45) is 8.80. The molecule has 1 atom stereocenters. The maximum atomic E-state index is 11.8. The Morgan fingerprint density at radius 3 is 2.77 bits per heavy atom. The molecule has 124 valence electrons. The SMILES string of the molecule is Cl.O=C(NCCc1nc(C2CCCCC2)no1)C1CCCN1. The van der Waals surface area contributed by atoms with E-state index in [0.29, 0.717) is 24.8 Å². The predicted octanol–water partition coefficient (Wildman–Crippen LogP) is 1.95. The highest BCUT2D eigenvalue weighted by atomic mass is 35.5. The van der Waals surface area contributed by atoms with Gasteiger partial charge in [-0.05, 0) is 32.2 Å². The summed E-state index contributed by atoms with van der Waals surface area (Å²) in [5, 5.41) is 10.2. The van der Waals surface area contributed by atoms with Crippen LogP contribution in [0.25, 0.3) is 0 Å². The molecule has 1 aromatic rings. The molecule has 22 heavy (non-hydrogen) atoms. The molecule has 7 heteroatoms. The van der Waals surface area contributed by atoms with E-state index in [1.54, 1.807) is 0 Å². The quantitative estimate of drug-likeness (QED) is 0.863. The Morgan fingerprint density at radius 1 is 1.23 bits per heavy atom. The molecule has 1 unspecified atom stereocenters. The number of hydrogen-bond donors (Lipinski definition) is 2. The largest absolute Gasteiger partial charge is 0.354 e. The minimum atomic E-state index is -0.0227. The molecule has 0 spiro atoms. The number of nitrogens with zero attached hydrogens (tertiary/aromatic N) is 2. The summed E-state index contributed by atoms with van der Waals surface area (Å²) >= 11 is 0. The molecule has 0 aromatic carbocycles. The average molecular weight is 329 g/mol. The van der Waals surface area contributed by atoms with Crippen LogP contribution in [0.2, 0.25) is 0 Å². The van der Waals surface area contributed by atoms with Crippen molar-refractivity contribution in [2.75, 3.05) is 13.1 Å². The van der Waals surface area contributed by atoms with Crippen LogP contribution in [0.15, 0.2) is 4.52 Å². The van der Waals surface area contributed by atoms with Crippen molar-refractivity contribution in [3.05, 3.63) is 11.7 Å². The van der Waals surface area contributed by atoms with Crippen molar-refractivity contribution in [2.45, 2.75) is 63.3 Å². The van der Waals surface area contributed by atoms with Crippen LogP contribution >= 0.6 is 12.4 Å². The van der Waals surface area contributed by atoms with Crippen LogP contribution in [0, 0.1) is 0 Å². The summed E-state index contributed by atoms with van der Waals surface area (Å²) < 4.78 is 5.30. The monoisotopic (exact) mass is 328 g/mol. The number of amides is 1. The summed E-state index contributed by atoms with van der Waals surface area (Å²) in [7, 11) is 0. The third-order valence-corrected chi connectivity index (χ3v) is 4.47. The van der Waals surface area contributed by atoms with Crippen molar-refractivity contribution < 1.29 is 9.32 Å². The minimum absolute atomic E-state index is 0. The van der Waals surface area contributed by atoms with Gasteiger partial charge in [0.15, 0.2) is 5.82 Å². The molecule has 0 radical (unpaired) electrons. The highest BCUT2D eigenvalue weighted by Crippen LogP contribution is 2.30. The summed E-state index contributed by atoms with van der Waals surface area (Å²) in [5.41, 5.74) is 0. The van der Waals surface area contributed by atoms with E-state index in [4.69, 9.17) is 4.52 Å². The first-order chi connectivity index (χ1) is 10.3. The standard InChI is InChI=1S/C15H24N4O2.ClH/c20-15(12-7-4-9-16-12)17-10-8-13-18-14(19-21-13)11-5-2-1-3-6-11;/h11-12,16H,1-10H2,(H,17,20);1H. The fraction of sp³-hybridized carbons (Fsp3) is 0.800.